The highest BCUT2D eigenvalue weighted by atomic mass is 32.2. The van der Waals surface area contributed by atoms with Crippen molar-refractivity contribution in [1.82, 2.24) is 10.0 Å². The van der Waals surface area contributed by atoms with Gasteiger partial charge in [-0.2, -0.15) is 5.01 Å². The molecule has 0 bridgehead atoms. The standard InChI is InChI=1S/C12H14N2O2S/c15-10-6-7-13-12(9-4-2-1-3-5-9)17-8-11(16)14(10)13/h1-5,11-12,16H,6-8H2/t11-,12?/m0/s1. The molecule has 1 N–H and O–H groups in total. The zero-order valence-corrected chi connectivity index (χ0v) is 10.1. The van der Waals surface area contributed by atoms with E-state index >= 15 is 0 Å². The zero-order valence-electron chi connectivity index (χ0n) is 9.32. The van der Waals surface area contributed by atoms with Crippen LogP contribution in [0.4, 0.5) is 0 Å². The number of thioether (sulfide) groups is 1. The first-order valence-electron chi connectivity index (χ1n) is 5.70. The smallest absolute Gasteiger partial charge is 0.240 e. The molecule has 2 fully saturated rings. The van der Waals surface area contributed by atoms with E-state index in [2.05, 4.69) is 12.1 Å². The Kier molecular flexibility index (Phi) is 2.82. The van der Waals surface area contributed by atoms with Crippen LogP contribution in [0.5, 0.6) is 0 Å². The number of benzene rings is 1. The van der Waals surface area contributed by atoms with Gasteiger partial charge in [0, 0.05) is 18.7 Å². The molecule has 2 heterocycles. The summed E-state index contributed by atoms with van der Waals surface area (Å²) in [6.45, 7) is 0.697. The van der Waals surface area contributed by atoms with Gasteiger partial charge in [0.25, 0.3) is 0 Å². The SMILES string of the molecule is O=C1CCN2C(c3ccccc3)SC[C@H](O)N12. The minimum atomic E-state index is -0.671. The van der Waals surface area contributed by atoms with Gasteiger partial charge in [0.15, 0.2) is 6.23 Å². The van der Waals surface area contributed by atoms with E-state index in [0.29, 0.717) is 18.7 Å². The number of hydrogen-bond donors (Lipinski definition) is 1. The van der Waals surface area contributed by atoms with Crippen molar-refractivity contribution in [2.24, 2.45) is 0 Å². The number of hydrogen-bond acceptors (Lipinski definition) is 4. The van der Waals surface area contributed by atoms with Crippen LogP contribution >= 0.6 is 11.8 Å². The molecule has 0 aromatic heterocycles. The average molecular weight is 250 g/mol. The van der Waals surface area contributed by atoms with Crippen LogP contribution in [-0.4, -0.2) is 39.6 Å². The fourth-order valence-corrected chi connectivity index (χ4v) is 3.59. The molecule has 2 aliphatic heterocycles. The normalized spacial score (nSPS) is 29.5. The molecule has 5 heteroatoms. The lowest BCUT2D eigenvalue weighted by Gasteiger charge is -2.42. The van der Waals surface area contributed by atoms with Crippen molar-refractivity contribution in [3.8, 4) is 0 Å². The summed E-state index contributed by atoms with van der Waals surface area (Å²) in [7, 11) is 0. The van der Waals surface area contributed by atoms with Crippen LogP contribution in [0.3, 0.4) is 0 Å². The highest BCUT2D eigenvalue weighted by Gasteiger charge is 2.42. The lowest BCUT2D eigenvalue weighted by Crippen LogP contribution is -2.51. The number of carbonyl (C=O) groups excluding carboxylic acids is 1. The topological polar surface area (TPSA) is 43.8 Å². The third-order valence-electron chi connectivity index (χ3n) is 3.13. The summed E-state index contributed by atoms with van der Waals surface area (Å²) in [5, 5.41) is 13.5. The fourth-order valence-electron chi connectivity index (χ4n) is 2.36. The predicted octanol–water partition coefficient (Wildman–Crippen LogP) is 1.20. The molecule has 2 saturated heterocycles. The summed E-state index contributed by atoms with van der Waals surface area (Å²) < 4.78 is 0. The monoisotopic (exact) mass is 250 g/mol. The Balaban J connectivity index is 1.90. The Morgan fingerprint density at radius 2 is 2.06 bits per heavy atom. The lowest BCUT2D eigenvalue weighted by molar-refractivity contribution is -0.161. The second-order valence-corrected chi connectivity index (χ2v) is 5.34. The molecule has 1 unspecified atom stereocenters. The molecule has 0 aliphatic carbocycles. The summed E-state index contributed by atoms with van der Waals surface area (Å²) in [4.78, 5) is 11.7. The molecule has 1 aromatic rings. The fraction of sp³-hybridized carbons (Fsp3) is 0.417. The maximum Gasteiger partial charge on any atom is 0.240 e. The van der Waals surface area contributed by atoms with Crippen molar-refractivity contribution in [2.75, 3.05) is 12.3 Å². The second-order valence-electron chi connectivity index (χ2n) is 4.23. The minimum Gasteiger partial charge on any atom is -0.371 e. The van der Waals surface area contributed by atoms with E-state index in [1.165, 1.54) is 10.6 Å². The number of aliphatic hydroxyl groups is 1. The van der Waals surface area contributed by atoms with Gasteiger partial charge in [0.1, 0.15) is 0 Å². The first kappa shape index (κ1) is 11.1. The van der Waals surface area contributed by atoms with Gasteiger partial charge in [0.05, 0.1) is 5.37 Å². The quantitative estimate of drug-likeness (QED) is 0.813. The molecular weight excluding hydrogens is 236 g/mol. The van der Waals surface area contributed by atoms with E-state index in [4.69, 9.17) is 0 Å². The summed E-state index contributed by atoms with van der Waals surface area (Å²) >= 11 is 1.68. The van der Waals surface area contributed by atoms with Crippen LogP contribution in [0, 0.1) is 0 Å². The summed E-state index contributed by atoms with van der Waals surface area (Å²) in [6.07, 6.45) is -0.170. The van der Waals surface area contributed by atoms with Crippen LogP contribution in [0.2, 0.25) is 0 Å². The van der Waals surface area contributed by atoms with Gasteiger partial charge in [-0.15, -0.1) is 11.8 Å². The number of nitrogens with zero attached hydrogens (tertiary/aromatic N) is 2. The van der Waals surface area contributed by atoms with Gasteiger partial charge in [-0.05, 0) is 5.56 Å². The Bertz CT molecular complexity index is 426. The van der Waals surface area contributed by atoms with E-state index in [9.17, 15) is 9.90 Å². The number of amides is 1. The van der Waals surface area contributed by atoms with Crippen LogP contribution in [0.25, 0.3) is 0 Å². The number of hydrazine groups is 1. The average Bonchev–Trinajstić information content (AvgIpc) is 2.74. The molecule has 2 aliphatic rings. The zero-order chi connectivity index (χ0) is 11.8. The van der Waals surface area contributed by atoms with Gasteiger partial charge >= 0.3 is 0 Å². The van der Waals surface area contributed by atoms with Crippen LogP contribution in [0.1, 0.15) is 17.4 Å². The molecule has 1 aromatic carbocycles. The molecule has 4 nitrogen and oxygen atoms in total. The maximum absolute atomic E-state index is 11.7. The first-order valence-corrected chi connectivity index (χ1v) is 6.75. The summed E-state index contributed by atoms with van der Waals surface area (Å²) in [6, 6.07) is 10.1. The van der Waals surface area contributed by atoms with Gasteiger partial charge in [-0.1, -0.05) is 30.3 Å². The Morgan fingerprint density at radius 3 is 2.82 bits per heavy atom. The Labute approximate surface area is 104 Å². The molecule has 0 saturated carbocycles. The lowest BCUT2D eigenvalue weighted by atomic mass is 10.2. The van der Waals surface area contributed by atoms with Crippen LogP contribution in [-0.2, 0) is 4.79 Å². The van der Waals surface area contributed by atoms with Crippen molar-refractivity contribution in [3.63, 3.8) is 0 Å². The predicted molar refractivity (Wildman–Crippen MR) is 65.8 cm³/mol. The number of carbonyl (C=O) groups is 1. The van der Waals surface area contributed by atoms with Gasteiger partial charge in [0.2, 0.25) is 5.91 Å². The summed E-state index contributed by atoms with van der Waals surface area (Å²) in [5.41, 5.74) is 1.18. The van der Waals surface area contributed by atoms with Gasteiger partial charge < -0.3 is 5.11 Å². The van der Waals surface area contributed by atoms with Crippen molar-refractivity contribution in [1.29, 1.82) is 0 Å². The number of fused-ring (bicyclic) bond motifs is 1. The highest BCUT2D eigenvalue weighted by Crippen LogP contribution is 2.41. The van der Waals surface area contributed by atoms with E-state index in [1.54, 1.807) is 11.8 Å². The van der Waals surface area contributed by atoms with Gasteiger partial charge in [-0.25, -0.2) is 5.01 Å². The van der Waals surface area contributed by atoms with E-state index in [-0.39, 0.29) is 11.3 Å². The largest absolute Gasteiger partial charge is 0.371 e. The molecule has 0 spiro atoms. The van der Waals surface area contributed by atoms with E-state index in [1.807, 2.05) is 23.2 Å². The molecular formula is C12H14N2O2S. The Hall–Kier alpha value is -1.04. The Morgan fingerprint density at radius 1 is 1.29 bits per heavy atom. The third-order valence-corrected chi connectivity index (χ3v) is 4.45. The number of aliphatic hydroxyl groups excluding tert-OH is 1. The van der Waals surface area contributed by atoms with Crippen molar-refractivity contribution in [2.45, 2.75) is 18.0 Å². The van der Waals surface area contributed by atoms with E-state index in [0.717, 1.165) is 0 Å². The third kappa shape index (κ3) is 1.84. The van der Waals surface area contributed by atoms with Crippen LogP contribution < -0.4 is 0 Å². The van der Waals surface area contributed by atoms with Crippen molar-refractivity contribution >= 4 is 17.7 Å². The first-order chi connectivity index (χ1) is 8.27. The highest BCUT2D eigenvalue weighted by molar-refractivity contribution is 7.99. The molecule has 17 heavy (non-hydrogen) atoms. The molecule has 2 atom stereocenters. The number of rotatable bonds is 1. The second kappa shape index (κ2) is 4.33. The molecule has 1 amide bonds. The molecule has 0 radical (unpaired) electrons. The van der Waals surface area contributed by atoms with E-state index < -0.39 is 6.23 Å². The summed E-state index contributed by atoms with van der Waals surface area (Å²) in [5.74, 6) is 0.598. The van der Waals surface area contributed by atoms with Gasteiger partial charge in [-0.3, -0.25) is 4.79 Å². The minimum absolute atomic E-state index is 0.0266. The molecule has 3 rings (SSSR count). The maximum atomic E-state index is 11.7. The van der Waals surface area contributed by atoms with Crippen molar-refractivity contribution < 1.29 is 9.90 Å². The van der Waals surface area contributed by atoms with Crippen LogP contribution in [0.15, 0.2) is 30.3 Å². The van der Waals surface area contributed by atoms with Crippen molar-refractivity contribution in [3.05, 3.63) is 35.9 Å². The molecule has 90 valence electrons.